The molecular weight excluding hydrogens is 200 g/mol. The summed E-state index contributed by atoms with van der Waals surface area (Å²) >= 11 is 0. The number of para-hydroxylation sites is 1. The van der Waals surface area contributed by atoms with Gasteiger partial charge in [-0.25, -0.2) is 0 Å². The van der Waals surface area contributed by atoms with Gasteiger partial charge in [0.05, 0.1) is 6.61 Å². The van der Waals surface area contributed by atoms with E-state index in [0.29, 0.717) is 0 Å². The van der Waals surface area contributed by atoms with Crippen molar-refractivity contribution in [2.75, 3.05) is 5.32 Å². The summed E-state index contributed by atoms with van der Waals surface area (Å²) in [6, 6.07) is 9.88. The molecule has 16 heavy (non-hydrogen) atoms. The minimum atomic E-state index is 0.0674. The molecule has 0 atom stereocenters. The van der Waals surface area contributed by atoms with E-state index < -0.39 is 0 Å². The number of benzene rings is 1. The van der Waals surface area contributed by atoms with Crippen LogP contribution in [0.5, 0.6) is 0 Å². The van der Waals surface area contributed by atoms with Crippen LogP contribution in [-0.4, -0.2) is 9.67 Å². The Hall–Kier alpha value is -1.74. The highest BCUT2D eigenvalue weighted by molar-refractivity contribution is 5.50. The summed E-state index contributed by atoms with van der Waals surface area (Å²) < 4.78 is 2.02. The van der Waals surface area contributed by atoms with Crippen LogP contribution in [0.25, 0.3) is 0 Å². The lowest BCUT2D eigenvalue weighted by molar-refractivity contribution is 0.282. The molecule has 3 nitrogen and oxygen atoms in total. The number of aliphatic hydroxyl groups is 1. The maximum Gasteiger partial charge on any atom is 0.0701 e. The van der Waals surface area contributed by atoms with E-state index in [0.717, 1.165) is 17.8 Å². The number of aliphatic hydroxyl groups excluding tert-OH is 1. The van der Waals surface area contributed by atoms with Gasteiger partial charge in [-0.15, -0.1) is 0 Å². The summed E-state index contributed by atoms with van der Waals surface area (Å²) in [5.41, 5.74) is 3.16. The summed E-state index contributed by atoms with van der Waals surface area (Å²) in [6.45, 7) is 0.843. The van der Waals surface area contributed by atoms with E-state index >= 15 is 0 Å². The molecule has 3 heteroatoms. The zero-order valence-electron chi connectivity index (χ0n) is 9.35. The molecule has 0 saturated carbocycles. The molecular formula is C13H16N2O. The number of rotatable bonds is 4. The zero-order valence-corrected chi connectivity index (χ0v) is 9.35. The first-order valence-electron chi connectivity index (χ1n) is 5.33. The van der Waals surface area contributed by atoms with Gasteiger partial charge in [-0.2, -0.15) is 0 Å². The molecule has 1 aromatic heterocycles. The molecule has 0 unspecified atom stereocenters. The van der Waals surface area contributed by atoms with Crippen molar-refractivity contribution >= 4 is 5.69 Å². The molecule has 0 aliphatic carbocycles. The van der Waals surface area contributed by atoms with Crippen molar-refractivity contribution in [2.24, 2.45) is 7.05 Å². The Bertz CT molecular complexity index is 462. The van der Waals surface area contributed by atoms with Gasteiger partial charge in [0.1, 0.15) is 0 Å². The molecule has 0 spiro atoms. The molecule has 0 aliphatic heterocycles. The van der Waals surface area contributed by atoms with Crippen LogP contribution in [0.3, 0.4) is 0 Å². The summed E-state index contributed by atoms with van der Waals surface area (Å²) in [4.78, 5) is 0. The predicted octanol–water partition coefficient (Wildman–Crippen LogP) is 2.13. The lowest BCUT2D eigenvalue weighted by atomic mass is 10.2. The monoisotopic (exact) mass is 216 g/mol. The summed E-state index contributed by atoms with van der Waals surface area (Å²) in [7, 11) is 2.01. The quantitative estimate of drug-likeness (QED) is 0.821. The maximum atomic E-state index is 9.18. The second-order valence-electron chi connectivity index (χ2n) is 3.85. The van der Waals surface area contributed by atoms with E-state index in [1.54, 1.807) is 0 Å². The number of nitrogens with zero attached hydrogens (tertiary/aromatic N) is 1. The molecule has 0 radical (unpaired) electrons. The van der Waals surface area contributed by atoms with E-state index in [1.165, 1.54) is 5.56 Å². The Morgan fingerprint density at radius 1 is 1.25 bits per heavy atom. The standard InChI is InChI=1S/C13H16N2O/c1-15-7-6-11(9-15)8-14-13-5-3-2-4-12(13)10-16/h2-7,9,14,16H,8,10H2,1H3. The Morgan fingerprint density at radius 2 is 2.06 bits per heavy atom. The van der Waals surface area contributed by atoms with Crippen LogP contribution in [0.1, 0.15) is 11.1 Å². The van der Waals surface area contributed by atoms with Crippen LogP contribution in [0.2, 0.25) is 0 Å². The molecule has 0 fully saturated rings. The second-order valence-corrected chi connectivity index (χ2v) is 3.85. The number of hydrogen-bond donors (Lipinski definition) is 2. The molecule has 2 rings (SSSR count). The van der Waals surface area contributed by atoms with Gasteiger partial charge < -0.3 is 15.0 Å². The van der Waals surface area contributed by atoms with E-state index in [9.17, 15) is 5.11 Å². The van der Waals surface area contributed by atoms with Gasteiger partial charge in [0.15, 0.2) is 0 Å². The number of anilines is 1. The average molecular weight is 216 g/mol. The molecule has 2 N–H and O–H groups in total. The Labute approximate surface area is 95.3 Å². The Morgan fingerprint density at radius 3 is 2.75 bits per heavy atom. The predicted molar refractivity (Wildman–Crippen MR) is 65.1 cm³/mol. The van der Waals surface area contributed by atoms with E-state index in [4.69, 9.17) is 0 Å². The Balaban J connectivity index is 2.04. The van der Waals surface area contributed by atoms with Crippen molar-refractivity contribution in [1.29, 1.82) is 0 Å². The van der Waals surface area contributed by atoms with Gasteiger partial charge in [0, 0.05) is 37.2 Å². The highest BCUT2D eigenvalue weighted by Crippen LogP contribution is 2.15. The first-order valence-corrected chi connectivity index (χ1v) is 5.33. The first kappa shape index (κ1) is 10.8. The lowest BCUT2D eigenvalue weighted by Gasteiger charge is -2.09. The third-order valence-corrected chi connectivity index (χ3v) is 2.56. The number of nitrogens with one attached hydrogen (secondary N) is 1. The largest absolute Gasteiger partial charge is 0.392 e. The molecule has 2 aromatic rings. The number of aromatic nitrogens is 1. The van der Waals surface area contributed by atoms with Crippen molar-refractivity contribution in [2.45, 2.75) is 13.2 Å². The van der Waals surface area contributed by atoms with Gasteiger partial charge in [-0.1, -0.05) is 18.2 Å². The fourth-order valence-electron chi connectivity index (χ4n) is 1.69. The molecule has 0 bridgehead atoms. The van der Waals surface area contributed by atoms with Crippen molar-refractivity contribution in [3.05, 3.63) is 53.9 Å². The van der Waals surface area contributed by atoms with Gasteiger partial charge in [0.2, 0.25) is 0 Å². The van der Waals surface area contributed by atoms with Crippen LogP contribution in [0, 0.1) is 0 Å². The van der Waals surface area contributed by atoms with Gasteiger partial charge in [0.25, 0.3) is 0 Å². The third kappa shape index (κ3) is 2.44. The highest BCUT2D eigenvalue weighted by atomic mass is 16.3. The first-order chi connectivity index (χ1) is 7.79. The van der Waals surface area contributed by atoms with E-state index in [1.807, 2.05) is 42.1 Å². The molecule has 0 aliphatic rings. The Kier molecular flexibility index (Phi) is 3.27. The molecule has 84 valence electrons. The van der Waals surface area contributed by atoms with Crippen molar-refractivity contribution in [1.82, 2.24) is 4.57 Å². The minimum Gasteiger partial charge on any atom is -0.392 e. The average Bonchev–Trinajstić information content (AvgIpc) is 2.73. The normalized spacial score (nSPS) is 10.4. The van der Waals surface area contributed by atoms with Crippen LogP contribution in [0.4, 0.5) is 5.69 Å². The number of aryl methyl sites for hydroxylation is 1. The van der Waals surface area contributed by atoms with Gasteiger partial charge in [-0.3, -0.25) is 0 Å². The fourth-order valence-corrected chi connectivity index (χ4v) is 1.69. The SMILES string of the molecule is Cn1ccc(CNc2ccccc2CO)c1. The van der Waals surface area contributed by atoms with Crippen LogP contribution >= 0.6 is 0 Å². The lowest BCUT2D eigenvalue weighted by Crippen LogP contribution is -2.01. The van der Waals surface area contributed by atoms with Crippen molar-refractivity contribution < 1.29 is 5.11 Å². The van der Waals surface area contributed by atoms with Gasteiger partial charge >= 0.3 is 0 Å². The summed E-state index contributed by atoms with van der Waals surface area (Å²) in [5.74, 6) is 0. The summed E-state index contributed by atoms with van der Waals surface area (Å²) in [5, 5.41) is 12.5. The van der Waals surface area contributed by atoms with Crippen molar-refractivity contribution in [3.63, 3.8) is 0 Å². The summed E-state index contributed by atoms with van der Waals surface area (Å²) in [6.07, 6.45) is 4.10. The maximum absolute atomic E-state index is 9.18. The van der Waals surface area contributed by atoms with E-state index in [2.05, 4.69) is 17.6 Å². The van der Waals surface area contributed by atoms with Crippen LogP contribution < -0.4 is 5.32 Å². The van der Waals surface area contributed by atoms with E-state index in [-0.39, 0.29) is 6.61 Å². The molecule has 0 amide bonds. The second kappa shape index (κ2) is 4.86. The molecule has 1 aromatic carbocycles. The van der Waals surface area contributed by atoms with Crippen LogP contribution in [0.15, 0.2) is 42.7 Å². The van der Waals surface area contributed by atoms with Gasteiger partial charge in [-0.05, 0) is 17.7 Å². The number of hydrogen-bond acceptors (Lipinski definition) is 2. The fraction of sp³-hybridized carbons (Fsp3) is 0.231. The smallest absolute Gasteiger partial charge is 0.0701 e. The topological polar surface area (TPSA) is 37.2 Å². The van der Waals surface area contributed by atoms with Crippen molar-refractivity contribution in [3.8, 4) is 0 Å². The molecule has 1 heterocycles. The minimum absolute atomic E-state index is 0.0674. The third-order valence-electron chi connectivity index (χ3n) is 2.56. The van der Waals surface area contributed by atoms with Crippen LogP contribution in [-0.2, 0) is 20.2 Å². The molecule has 0 saturated heterocycles. The highest BCUT2D eigenvalue weighted by Gasteiger charge is 2.00. The zero-order chi connectivity index (χ0) is 11.4.